The molecule has 1 N–H and O–H groups in total. The summed E-state index contributed by atoms with van der Waals surface area (Å²) >= 11 is 5.72. The first-order chi connectivity index (χ1) is 6.14. The van der Waals surface area contributed by atoms with Crippen LogP contribution in [0.15, 0.2) is 0 Å². The number of hydrogen-bond donors (Lipinski definition) is 1. The molecule has 0 bridgehead atoms. The van der Waals surface area contributed by atoms with Crippen LogP contribution in [0.25, 0.3) is 0 Å². The van der Waals surface area contributed by atoms with E-state index in [1.54, 1.807) is 0 Å². The predicted molar refractivity (Wildman–Crippen MR) is 56.3 cm³/mol. The monoisotopic (exact) mass is 205 g/mol. The zero-order chi connectivity index (χ0) is 9.73. The summed E-state index contributed by atoms with van der Waals surface area (Å²) in [5.41, 5.74) is 0.171. The van der Waals surface area contributed by atoms with E-state index in [2.05, 4.69) is 19.2 Å². The molecule has 1 aliphatic rings. The Morgan fingerprint density at radius 3 is 2.85 bits per heavy atom. The second-order valence-electron chi connectivity index (χ2n) is 4.43. The van der Waals surface area contributed by atoms with Crippen LogP contribution in [0.5, 0.6) is 0 Å². The molecule has 0 aromatic rings. The molecule has 1 fully saturated rings. The molecule has 1 saturated heterocycles. The number of ether oxygens (including phenoxy) is 1. The van der Waals surface area contributed by atoms with Gasteiger partial charge >= 0.3 is 0 Å². The van der Waals surface area contributed by atoms with Crippen LogP contribution in [-0.2, 0) is 4.74 Å². The Balaban J connectivity index is 2.15. The van der Waals surface area contributed by atoms with Crippen molar-refractivity contribution in [3.63, 3.8) is 0 Å². The largest absolute Gasteiger partial charge is 0.381 e. The van der Waals surface area contributed by atoms with Crippen molar-refractivity contribution in [1.29, 1.82) is 0 Å². The van der Waals surface area contributed by atoms with Crippen molar-refractivity contribution in [2.45, 2.75) is 32.2 Å². The van der Waals surface area contributed by atoms with Crippen LogP contribution in [0, 0.1) is 5.92 Å². The highest BCUT2D eigenvalue weighted by molar-refractivity contribution is 6.17. The summed E-state index contributed by atoms with van der Waals surface area (Å²) in [6.45, 7) is 7.31. The maximum atomic E-state index is 5.72. The van der Waals surface area contributed by atoms with Crippen LogP contribution in [-0.4, -0.2) is 31.2 Å². The minimum Gasteiger partial charge on any atom is -0.381 e. The first kappa shape index (κ1) is 11.3. The molecule has 0 aromatic carbocycles. The third-order valence-corrected chi connectivity index (χ3v) is 2.80. The van der Waals surface area contributed by atoms with Gasteiger partial charge in [0.2, 0.25) is 0 Å². The van der Waals surface area contributed by atoms with Crippen LogP contribution in [0.2, 0.25) is 0 Å². The van der Waals surface area contributed by atoms with Crippen LogP contribution >= 0.6 is 11.6 Å². The zero-order valence-electron chi connectivity index (χ0n) is 8.61. The van der Waals surface area contributed by atoms with E-state index in [0.717, 1.165) is 32.1 Å². The molecule has 0 spiro atoms. The summed E-state index contributed by atoms with van der Waals surface area (Å²) < 4.78 is 5.32. The van der Waals surface area contributed by atoms with Gasteiger partial charge in [-0.1, -0.05) is 0 Å². The van der Waals surface area contributed by atoms with Crippen LogP contribution in [0.4, 0.5) is 0 Å². The first-order valence-corrected chi connectivity index (χ1v) is 5.56. The van der Waals surface area contributed by atoms with E-state index in [0.29, 0.717) is 5.92 Å². The van der Waals surface area contributed by atoms with E-state index in [1.807, 2.05) is 0 Å². The quantitative estimate of drug-likeness (QED) is 0.694. The molecular weight excluding hydrogens is 186 g/mol. The highest BCUT2D eigenvalue weighted by Crippen LogP contribution is 2.14. The predicted octanol–water partition coefficient (Wildman–Crippen LogP) is 2.02. The van der Waals surface area contributed by atoms with Crippen molar-refractivity contribution in [2.24, 2.45) is 5.92 Å². The Hall–Kier alpha value is 0.210. The molecular formula is C10H20ClNO. The minimum absolute atomic E-state index is 0.171. The van der Waals surface area contributed by atoms with Gasteiger partial charge in [0.15, 0.2) is 0 Å². The van der Waals surface area contributed by atoms with E-state index in [-0.39, 0.29) is 5.54 Å². The molecule has 13 heavy (non-hydrogen) atoms. The van der Waals surface area contributed by atoms with E-state index in [1.165, 1.54) is 6.42 Å². The smallest absolute Gasteiger partial charge is 0.0507 e. The summed E-state index contributed by atoms with van der Waals surface area (Å²) in [6.07, 6.45) is 2.21. The number of halogens is 1. The highest BCUT2D eigenvalue weighted by atomic mass is 35.5. The average molecular weight is 206 g/mol. The molecule has 3 heteroatoms. The molecule has 1 aliphatic heterocycles. The van der Waals surface area contributed by atoms with Gasteiger partial charge in [-0.3, -0.25) is 0 Å². The lowest BCUT2D eigenvalue weighted by Gasteiger charge is -2.26. The van der Waals surface area contributed by atoms with E-state index in [9.17, 15) is 0 Å². The molecule has 0 radical (unpaired) electrons. The lowest BCUT2D eigenvalue weighted by Crippen LogP contribution is -2.42. The van der Waals surface area contributed by atoms with Gasteiger partial charge < -0.3 is 10.1 Å². The summed E-state index contributed by atoms with van der Waals surface area (Å²) in [5.74, 6) is 1.43. The fraction of sp³-hybridized carbons (Fsp3) is 1.00. The summed E-state index contributed by atoms with van der Waals surface area (Å²) in [5, 5.41) is 3.54. The number of hydrogen-bond acceptors (Lipinski definition) is 2. The molecule has 2 nitrogen and oxygen atoms in total. The molecule has 1 unspecified atom stereocenters. The Labute approximate surface area is 86.0 Å². The first-order valence-electron chi connectivity index (χ1n) is 5.03. The molecule has 1 rings (SSSR count). The minimum atomic E-state index is 0.171. The SMILES string of the molecule is CC(C)(CCCl)NCC1CCOC1. The summed E-state index contributed by atoms with van der Waals surface area (Å²) in [6, 6.07) is 0. The van der Waals surface area contributed by atoms with Crippen molar-refractivity contribution in [1.82, 2.24) is 5.32 Å². The normalized spacial score (nSPS) is 23.8. The van der Waals surface area contributed by atoms with Gasteiger partial charge in [0.1, 0.15) is 0 Å². The van der Waals surface area contributed by atoms with Gasteiger partial charge in [0.05, 0.1) is 6.61 Å². The molecule has 0 saturated carbocycles. The van der Waals surface area contributed by atoms with E-state index >= 15 is 0 Å². The topological polar surface area (TPSA) is 21.3 Å². The van der Waals surface area contributed by atoms with Gasteiger partial charge in [-0.25, -0.2) is 0 Å². The molecule has 0 aliphatic carbocycles. The second-order valence-corrected chi connectivity index (χ2v) is 4.81. The van der Waals surface area contributed by atoms with E-state index < -0.39 is 0 Å². The van der Waals surface area contributed by atoms with Crippen LogP contribution in [0.1, 0.15) is 26.7 Å². The van der Waals surface area contributed by atoms with Crippen molar-refractivity contribution in [3.05, 3.63) is 0 Å². The Morgan fingerprint density at radius 2 is 2.31 bits per heavy atom. The summed E-state index contributed by atoms with van der Waals surface area (Å²) in [7, 11) is 0. The fourth-order valence-corrected chi connectivity index (χ4v) is 1.96. The van der Waals surface area contributed by atoms with Crippen molar-refractivity contribution in [2.75, 3.05) is 25.6 Å². The van der Waals surface area contributed by atoms with Gasteiger partial charge in [-0.05, 0) is 32.6 Å². The molecule has 0 aromatic heterocycles. The molecule has 0 amide bonds. The van der Waals surface area contributed by atoms with Crippen LogP contribution < -0.4 is 5.32 Å². The lowest BCUT2D eigenvalue weighted by molar-refractivity contribution is 0.183. The third-order valence-electron chi connectivity index (χ3n) is 2.61. The van der Waals surface area contributed by atoms with Gasteiger partial charge in [-0.2, -0.15) is 0 Å². The van der Waals surface area contributed by atoms with Gasteiger partial charge in [0.25, 0.3) is 0 Å². The zero-order valence-corrected chi connectivity index (χ0v) is 9.36. The average Bonchev–Trinajstić information content (AvgIpc) is 2.52. The van der Waals surface area contributed by atoms with Gasteiger partial charge in [-0.15, -0.1) is 11.6 Å². The second kappa shape index (κ2) is 5.18. The molecule has 78 valence electrons. The maximum absolute atomic E-state index is 5.72. The highest BCUT2D eigenvalue weighted by Gasteiger charge is 2.20. The fourth-order valence-electron chi connectivity index (χ4n) is 1.49. The standard InChI is InChI=1S/C10H20ClNO/c1-10(2,4-5-11)12-7-9-3-6-13-8-9/h9,12H,3-8H2,1-2H3. The van der Waals surface area contributed by atoms with E-state index in [4.69, 9.17) is 16.3 Å². The summed E-state index contributed by atoms with van der Waals surface area (Å²) in [4.78, 5) is 0. The Morgan fingerprint density at radius 1 is 1.54 bits per heavy atom. The lowest BCUT2D eigenvalue weighted by atomic mass is 10.00. The Kier molecular flexibility index (Phi) is 4.50. The number of rotatable bonds is 5. The third kappa shape index (κ3) is 4.30. The van der Waals surface area contributed by atoms with Crippen molar-refractivity contribution < 1.29 is 4.74 Å². The van der Waals surface area contributed by atoms with Crippen LogP contribution in [0.3, 0.4) is 0 Å². The number of nitrogens with one attached hydrogen (secondary N) is 1. The molecule has 1 heterocycles. The maximum Gasteiger partial charge on any atom is 0.0507 e. The molecule has 1 atom stereocenters. The van der Waals surface area contributed by atoms with Gasteiger partial charge in [0, 0.05) is 24.6 Å². The Bertz CT molecular complexity index is 144. The van der Waals surface area contributed by atoms with Crippen molar-refractivity contribution >= 4 is 11.6 Å². The van der Waals surface area contributed by atoms with Crippen molar-refractivity contribution in [3.8, 4) is 0 Å². The number of alkyl halides is 1.